The number of aliphatic carboxylic acids is 2. The van der Waals surface area contributed by atoms with Gasteiger partial charge in [0, 0.05) is 29.2 Å². The number of fused-ring (bicyclic) bond motifs is 1. The molecular weight excluding hydrogens is 324 g/mol. The Kier molecular flexibility index (Phi) is 6.59. The molecule has 1 aliphatic heterocycles. The van der Waals surface area contributed by atoms with Crippen molar-refractivity contribution in [1.29, 1.82) is 0 Å². The molecule has 0 spiro atoms. The summed E-state index contributed by atoms with van der Waals surface area (Å²) >= 11 is 0. The lowest BCUT2D eigenvalue weighted by atomic mass is 10.00. The van der Waals surface area contributed by atoms with Crippen LogP contribution in [0.25, 0.3) is 16.5 Å². The molecule has 0 unspecified atom stereocenters. The van der Waals surface area contributed by atoms with Gasteiger partial charge in [0.2, 0.25) is 0 Å². The first-order valence-corrected chi connectivity index (χ1v) is 8.00. The van der Waals surface area contributed by atoms with Crippen LogP contribution in [0.15, 0.2) is 30.5 Å². The van der Waals surface area contributed by atoms with Crippen LogP contribution >= 0.6 is 0 Å². The van der Waals surface area contributed by atoms with Gasteiger partial charge in [0.1, 0.15) is 5.75 Å². The molecule has 4 N–H and O–H groups in total. The van der Waals surface area contributed by atoms with E-state index in [0.717, 1.165) is 25.3 Å². The van der Waals surface area contributed by atoms with Crippen molar-refractivity contribution in [3.8, 4) is 5.75 Å². The van der Waals surface area contributed by atoms with Gasteiger partial charge < -0.3 is 25.3 Å². The van der Waals surface area contributed by atoms with Crippen LogP contribution in [0.4, 0.5) is 0 Å². The third-order valence-corrected chi connectivity index (χ3v) is 3.85. The third kappa shape index (κ3) is 5.36. The average molecular weight is 346 g/mol. The van der Waals surface area contributed by atoms with Crippen LogP contribution in [-0.2, 0) is 9.59 Å². The van der Waals surface area contributed by atoms with Crippen LogP contribution in [0, 0.1) is 0 Å². The highest BCUT2D eigenvalue weighted by Gasteiger charge is 2.11. The Morgan fingerprint density at radius 1 is 1.20 bits per heavy atom. The normalized spacial score (nSPS) is 13.6. The number of carboxylic acid groups (broad SMARTS) is 2. The molecule has 0 amide bonds. The fourth-order valence-electron chi connectivity index (χ4n) is 2.57. The number of carboxylic acids is 2. The zero-order valence-corrected chi connectivity index (χ0v) is 14.0. The number of aromatic amines is 1. The molecule has 2 aromatic rings. The Labute approximate surface area is 145 Å². The van der Waals surface area contributed by atoms with Crippen molar-refractivity contribution in [2.45, 2.75) is 19.3 Å². The van der Waals surface area contributed by atoms with Crippen molar-refractivity contribution in [3.05, 3.63) is 36.0 Å². The molecule has 2 heterocycles. The Balaban J connectivity index is 0.000000242. The highest BCUT2D eigenvalue weighted by Crippen LogP contribution is 2.30. The van der Waals surface area contributed by atoms with Gasteiger partial charge in [0.15, 0.2) is 0 Å². The van der Waals surface area contributed by atoms with E-state index in [-0.39, 0.29) is 12.8 Å². The standard InChI is InChI=1S/C14H16N2O.C4H6O4/c1-17-11-2-3-14-12(8-11)13(9-16-14)10-4-6-15-7-5-10;5-3(6)1-2-4(7)8/h2-4,8-9,15-16H,5-7H2,1H3;1-2H2,(H,5,6)(H,7,8). The Bertz CT molecular complexity index is 765. The van der Waals surface area contributed by atoms with E-state index < -0.39 is 11.9 Å². The summed E-state index contributed by atoms with van der Waals surface area (Å²) < 4.78 is 5.29. The molecule has 25 heavy (non-hydrogen) atoms. The monoisotopic (exact) mass is 346 g/mol. The number of hydrogen-bond acceptors (Lipinski definition) is 4. The van der Waals surface area contributed by atoms with Crippen molar-refractivity contribution >= 4 is 28.4 Å². The van der Waals surface area contributed by atoms with Gasteiger partial charge in [-0.15, -0.1) is 0 Å². The first-order valence-electron chi connectivity index (χ1n) is 8.00. The zero-order chi connectivity index (χ0) is 18.2. The predicted molar refractivity (Wildman–Crippen MR) is 94.8 cm³/mol. The summed E-state index contributed by atoms with van der Waals surface area (Å²) in [5.74, 6) is -1.24. The van der Waals surface area contributed by atoms with Gasteiger partial charge >= 0.3 is 11.9 Å². The van der Waals surface area contributed by atoms with Crippen LogP contribution in [0.2, 0.25) is 0 Å². The van der Waals surface area contributed by atoms with Crippen LogP contribution < -0.4 is 10.1 Å². The van der Waals surface area contributed by atoms with E-state index in [0.29, 0.717) is 0 Å². The molecule has 0 saturated heterocycles. The molecular formula is C18H22N2O5. The minimum atomic E-state index is -1.08. The fraction of sp³-hybridized carbons (Fsp3) is 0.333. The SMILES string of the molecule is COc1ccc2[nH]cc(C3=CCNCC3)c2c1.O=C(O)CCC(=O)O. The third-order valence-electron chi connectivity index (χ3n) is 3.85. The first-order chi connectivity index (χ1) is 12.0. The summed E-state index contributed by atoms with van der Waals surface area (Å²) in [6.45, 7) is 2.02. The predicted octanol–water partition coefficient (Wildman–Crippen LogP) is 2.49. The van der Waals surface area contributed by atoms with E-state index in [2.05, 4.69) is 34.7 Å². The largest absolute Gasteiger partial charge is 0.497 e. The number of H-pyrrole nitrogens is 1. The topological polar surface area (TPSA) is 112 Å². The van der Waals surface area contributed by atoms with Gasteiger partial charge in [-0.1, -0.05) is 6.08 Å². The van der Waals surface area contributed by atoms with Crippen molar-refractivity contribution < 1.29 is 24.5 Å². The lowest BCUT2D eigenvalue weighted by molar-refractivity contribution is -0.143. The molecule has 1 aromatic heterocycles. The number of rotatable bonds is 5. The van der Waals surface area contributed by atoms with Crippen LogP contribution in [0.1, 0.15) is 24.8 Å². The number of aromatic nitrogens is 1. The summed E-state index contributed by atoms with van der Waals surface area (Å²) in [5, 5.41) is 20.4. The number of hydrogen-bond donors (Lipinski definition) is 4. The second kappa shape index (κ2) is 8.89. The van der Waals surface area contributed by atoms with E-state index in [1.807, 2.05) is 6.07 Å². The smallest absolute Gasteiger partial charge is 0.303 e. The molecule has 134 valence electrons. The molecule has 1 aromatic carbocycles. The molecule has 1 aliphatic rings. The number of benzene rings is 1. The molecule has 0 atom stereocenters. The van der Waals surface area contributed by atoms with Crippen LogP contribution in [0.3, 0.4) is 0 Å². The number of nitrogens with one attached hydrogen (secondary N) is 2. The van der Waals surface area contributed by atoms with Gasteiger partial charge in [-0.25, -0.2) is 0 Å². The first kappa shape index (κ1) is 18.5. The Morgan fingerprint density at radius 3 is 2.48 bits per heavy atom. The number of ether oxygens (including phenoxy) is 1. The quantitative estimate of drug-likeness (QED) is 0.662. The van der Waals surface area contributed by atoms with E-state index in [1.165, 1.54) is 22.0 Å². The van der Waals surface area contributed by atoms with Crippen molar-refractivity contribution in [1.82, 2.24) is 10.3 Å². The maximum absolute atomic E-state index is 9.64. The summed E-state index contributed by atoms with van der Waals surface area (Å²) in [7, 11) is 1.71. The summed E-state index contributed by atoms with van der Waals surface area (Å²) in [4.78, 5) is 22.6. The van der Waals surface area contributed by atoms with E-state index in [9.17, 15) is 9.59 Å². The molecule has 0 aliphatic carbocycles. The molecule has 0 saturated carbocycles. The molecule has 3 rings (SSSR count). The summed E-state index contributed by atoms with van der Waals surface area (Å²) in [6.07, 6.45) is 4.86. The van der Waals surface area contributed by atoms with Crippen molar-refractivity contribution in [2.24, 2.45) is 0 Å². The van der Waals surface area contributed by atoms with E-state index in [1.54, 1.807) is 7.11 Å². The van der Waals surface area contributed by atoms with Crippen LogP contribution in [-0.4, -0.2) is 47.3 Å². The summed E-state index contributed by atoms with van der Waals surface area (Å²) in [6, 6.07) is 6.16. The lowest BCUT2D eigenvalue weighted by Gasteiger charge is -2.13. The Morgan fingerprint density at radius 2 is 1.92 bits per heavy atom. The average Bonchev–Trinajstić information content (AvgIpc) is 3.04. The highest BCUT2D eigenvalue weighted by atomic mass is 16.5. The zero-order valence-electron chi connectivity index (χ0n) is 14.0. The second-order valence-electron chi connectivity index (χ2n) is 5.58. The second-order valence-corrected chi connectivity index (χ2v) is 5.58. The lowest BCUT2D eigenvalue weighted by Crippen LogP contribution is -2.19. The number of carbonyl (C=O) groups is 2. The van der Waals surface area contributed by atoms with Crippen molar-refractivity contribution in [2.75, 3.05) is 20.2 Å². The van der Waals surface area contributed by atoms with Gasteiger partial charge in [0.05, 0.1) is 20.0 Å². The molecule has 0 bridgehead atoms. The number of methoxy groups -OCH3 is 1. The Hall–Kier alpha value is -2.80. The minimum Gasteiger partial charge on any atom is -0.497 e. The van der Waals surface area contributed by atoms with Gasteiger partial charge in [0.25, 0.3) is 0 Å². The minimum absolute atomic E-state index is 0.296. The summed E-state index contributed by atoms with van der Waals surface area (Å²) in [5.41, 5.74) is 3.89. The van der Waals surface area contributed by atoms with Crippen molar-refractivity contribution in [3.63, 3.8) is 0 Å². The van der Waals surface area contributed by atoms with Gasteiger partial charge in [-0.2, -0.15) is 0 Å². The van der Waals surface area contributed by atoms with Gasteiger partial charge in [-0.3, -0.25) is 9.59 Å². The highest BCUT2D eigenvalue weighted by molar-refractivity contribution is 5.93. The van der Waals surface area contributed by atoms with E-state index >= 15 is 0 Å². The molecule has 0 radical (unpaired) electrons. The van der Waals surface area contributed by atoms with Gasteiger partial charge in [-0.05, 0) is 36.7 Å². The maximum Gasteiger partial charge on any atom is 0.303 e. The molecule has 0 fully saturated rings. The molecule has 7 heteroatoms. The molecule has 7 nitrogen and oxygen atoms in total. The van der Waals surface area contributed by atoms with E-state index in [4.69, 9.17) is 14.9 Å². The maximum atomic E-state index is 9.64. The van der Waals surface area contributed by atoms with Crippen LogP contribution in [0.5, 0.6) is 5.75 Å². The fourth-order valence-corrected chi connectivity index (χ4v) is 2.57.